The van der Waals surface area contributed by atoms with Gasteiger partial charge in [0.2, 0.25) is 10.0 Å². The molecule has 1 atom stereocenters. The number of rotatable bonds is 11. The normalized spacial score (nSPS) is 28.9. The number of hydrogen-bond donors (Lipinski definition) is 1. The van der Waals surface area contributed by atoms with Crippen molar-refractivity contribution >= 4 is 21.6 Å². The summed E-state index contributed by atoms with van der Waals surface area (Å²) in [5, 5.41) is 3.40. The highest BCUT2D eigenvalue weighted by Crippen LogP contribution is 2.71. The largest absolute Gasteiger partial charge is 0.416 e. The second kappa shape index (κ2) is 10.1. The third-order valence-corrected chi connectivity index (χ3v) is 11.8. The van der Waals surface area contributed by atoms with E-state index in [1.807, 2.05) is 6.92 Å². The van der Waals surface area contributed by atoms with Gasteiger partial charge in [0.1, 0.15) is 17.2 Å². The van der Waals surface area contributed by atoms with E-state index in [0.29, 0.717) is 37.8 Å². The fraction of sp³-hybridized carbons (Fsp3) is 0.548. The molecule has 4 aliphatic carbocycles. The fourth-order valence-corrected chi connectivity index (χ4v) is 8.86. The minimum Gasteiger partial charge on any atom is -0.360 e. The van der Waals surface area contributed by atoms with Crippen LogP contribution in [-0.2, 0) is 27.5 Å². The SMILES string of the molecule is C[C@]1(C(=O)CCCC2CCC2)CN=C(C23CC(N(Cc4ccc(C(F)(F)F)cc4)S(=O)(=O)c4ccc(F)cc4)(C2)C3)N1. The Balaban J connectivity index is 1.17. The van der Waals surface area contributed by atoms with Crippen molar-refractivity contribution in [3.63, 3.8) is 0 Å². The van der Waals surface area contributed by atoms with Crippen LogP contribution in [0, 0.1) is 17.2 Å². The zero-order valence-electron chi connectivity index (χ0n) is 23.5. The molecule has 2 aromatic rings. The number of halogens is 4. The van der Waals surface area contributed by atoms with Crippen molar-refractivity contribution in [3.05, 3.63) is 65.5 Å². The quantitative estimate of drug-likeness (QED) is 0.307. The smallest absolute Gasteiger partial charge is 0.360 e. The molecule has 6 nitrogen and oxygen atoms in total. The Morgan fingerprint density at radius 2 is 1.69 bits per heavy atom. The number of ketones is 1. The molecule has 1 heterocycles. The molecule has 5 aliphatic rings. The van der Waals surface area contributed by atoms with Crippen molar-refractivity contribution in [1.29, 1.82) is 0 Å². The van der Waals surface area contributed by atoms with Crippen molar-refractivity contribution in [2.24, 2.45) is 16.3 Å². The van der Waals surface area contributed by atoms with Crippen LogP contribution >= 0.6 is 0 Å². The van der Waals surface area contributed by atoms with Crippen LogP contribution in [0.15, 0.2) is 58.4 Å². The highest BCUT2D eigenvalue weighted by atomic mass is 32.2. The van der Waals surface area contributed by atoms with Crippen molar-refractivity contribution in [3.8, 4) is 0 Å². The predicted molar refractivity (Wildman–Crippen MR) is 150 cm³/mol. The molecule has 7 rings (SSSR count). The lowest BCUT2D eigenvalue weighted by Crippen LogP contribution is -2.78. The number of Topliss-reactive ketones (excluding diaryl/α,β-unsaturated/α-hetero) is 1. The van der Waals surface area contributed by atoms with E-state index in [-0.39, 0.29) is 22.6 Å². The van der Waals surface area contributed by atoms with E-state index in [9.17, 15) is 30.8 Å². The molecule has 0 aromatic heterocycles. The second-order valence-corrected chi connectivity index (χ2v) is 14.8. The fourth-order valence-electron chi connectivity index (χ4n) is 7.10. The first kappa shape index (κ1) is 29.3. The number of alkyl halides is 3. The highest BCUT2D eigenvalue weighted by Gasteiger charge is 2.75. The Bertz CT molecular complexity index is 1480. The van der Waals surface area contributed by atoms with Gasteiger partial charge in [-0.25, -0.2) is 12.8 Å². The van der Waals surface area contributed by atoms with Crippen LogP contribution in [0.25, 0.3) is 0 Å². The summed E-state index contributed by atoms with van der Waals surface area (Å²) < 4.78 is 82.0. The maximum absolute atomic E-state index is 13.9. The lowest BCUT2D eigenvalue weighted by Gasteiger charge is -2.73. The van der Waals surface area contributed by atoms with Gasteiger partial charge in [0, 0.05) is 23.9 Å². The van der Waals surface area contributed by atoms with Gasteiger partial charge in [-0.2, -0.15) is 17.5 Å². The summed E-state index contributed by atoms with van der Waals surface area (Å²) in [6.07, 6.45) is 3.23. The van der Waals surface area contributed by atoms with Crippen LogP contribution in [0.5, 0.6) is 0 Å². The number of nitrogens with zero attached hydrogens (tertiary/aromatic N) is 2. The Kier molecular flexibility index (Phi) is 7.08. The van der Waals surface area contributed by atoms with Gasteiger partial charge in [0.25, 0.3) is 0 Å². The van der Waals surface area contributed by atoms with Crippen LogP contribution < -0.4 is 5.32 Å². The molecular weight excluding hydrogens is 570 g/mol. The minimum atomic E-state index is -4.50. The van der Waals surface area contributed by atoms with Crippen LogP contribution in [0.1, 0.15) is 75.8 Å². The molecule has 4 fully saturated rings. The Morgan fingerprint density at radius 1 is 1.05 bits per heavy atom. The minimum absolute atomic E-state index is 0.0778. The van der Waals surface area contributed by atoms with Crippen molar-refractivity contribution in [2.75, 3.05) is 6.54 Å². The second-order valence-electron chi connectivity index (χ2n) is 12.9. The van der Waals surface area contributed by atoms with Gasteiger partial charge in [-0.15, -0.1) is 0 Å². The molecule has 2 bridgehead atoms. The first-order valence-corrected chi connectivity index (χ1v) is 16.0. The summed E-state index contributed by atoms with van der Waals surface area (Å²) in [4.78, 5) is 17.7. The van der Waals surface area contributed by atoms with Crippen LogP contribution in [0.4, 0.5) is 17.6 Å². The van der Waals surface area contributed by atoms with E-state index in [1.54, 1.807) is 0 Å². The van der Waals surface area contributed by atoms with Crippen LogP contribution in [0.3, 0.4) is 0 Å². The van der Waals surface area contributed by atoms with E-state index in [1.165, 1.54) is 47.8 Å². The topological polar surface area (TPSA) is 78.8 Å². The summed E-state index contributed by atoms with van der Waals surface area (Å²) in [6, 6.07) is 9.05. The Morgan fingerprint density at radius 3 is 2.26 bits per heavy atom. The lowest BCUT2D eigenvalue weighted by atomic mass is 9.38. The van der Waals surface area contributed by atoms with Gasteiger partial charge in [0.15, 0.2) is 5.78 Å². The van der Waals surface area contributed by atoms with Gasteiger partial charge in [0.05, 0.1) is 17.0 Å². The van der Waals surface area contributed by atoms with E-state index < -0.39 is 38.7 Å². The van der Waals surface area contributed by atoms with Crippen LogP contribution in [0.2, 0.25) is 0 Å². The van der Waals surface area contributed by atoms with E-state index >= 15 is 0 Å². The number of hydrogen-bond acceptors (Lipinski definition) is 5. The number of nitrogens with one attached hydrogen (secondary N) is 1. The molecule has 0 unspecified atom stereocenters. The zero-order valence-corrected chi connectivity index (χ0v) is 24.3. The number of aliphatic imine (C=N–C) groups is 1. The molecule has 1 N–H and O–H groups in total. The molecule has 4 saturated carbocycles. The van der Waals surface area contributed by atoms with E-state index in [2.05, 4.69) is 5.32 Å². The molecule has 0 saturated heterocycles. The average Bonchev–Trinajstić information content (AvgIpc) is 3.26. The molecule has 11 heteroatoms. The summed E-state index contributed by atoms with van der Waals surface area (Å²) in [6.45, 7) is 2.11. The number of benzene rings is 2. The molecule has 0 spiro atoms. The van der Waals surface area contributed by atoms with Crippen molar-refractivity contribution < 1.29 is 30.8 Å². The zero-order chi connectivity index (χ0) is 30.0. The van der Waals surface area contributed by atoms with Crippen molar-refractivity contribution in [2.45, 2.75) is 93.4 Å². The summed E-state index contributed by atoms with van der Waals surface area (Å²) in [7, 11) is -4.11. The predicted octanol–water partition coefficient (Wildman–Crippen LogP) is 6.26. The monoisotopic (exact) mass is 605 g/mol. The molecule has 42 heavy (non-hydrogen) atoms. The number of sulfonamides is 1. The van der Waals surface area contributed by atoms with E-state index in [4.69, 9.17) is 4.99 Å². The Labute approximate surface area is 243 Å². The Hall–Kier alpha value is -2.79. The number of carbonyl (C=O) groups is 1. The lowest BCUT2D eigenvalue weighted by molar-refractivity contribution is -0.151. The van der Waals surface area contributed by atoms with E-state index in [0.717, 1.165) is 48.9 Å². The summed E-state index contributed by atoms with van der Waals surface area (Å²) in [5.74, 6) is 1.07. The third kappa shape index (κ3) is 5.06. The maximum Gasteiger partial charge on any atom is 0.416 e. The first-order valence-electron chi connectivity index (χ1n) is 14.6. The molecule has 226 valence electrons. The number of carbonyl (C=O) groups excluding carboxylic acids is 1. The van der Waals surface area contributed by atoms with Gasteiger partial charge in [-0.1, -0.05) is 37.8 Å². The van der Waals surface area contributed by atoms with Crippen molar-refractivity contribution in [1.82, 2.24) is 9.62 Å². The standard InChI is InChI=1S/C31H35F4N3O3S/c1-28(26(39)7-3-6-21-4-2-5-21)20-36-27(37-28)29-17-30(18-29,19-29)38(42(40,41)25-14-12-24(32)13-15-25)16-22-8-10-23(11-9-22)31(33,34)35/h8-15,21H,2-7,16-20H2,1H3,(H,36,37)/t28-,29?,30?/m1/s1. The molecular formula is C31H35F4N3O3S. The van der Waals surface area contributed by atoms with Gasteiger partial charge in [-0.05, 0) is 80.5 Å². The molecule has 2 aromatic carbocycles. The molecule has 0 radical (unpaired) electrons. The van der Waals surface area contributed by atoms with Gasteiger partial charge >= 0.3 is 6.18 Å². The van der Waals surface area contributed by atoms with Gasteiger partial charge < -0.3 is 5.32 Å². The third-order valence-electron chi connectivity index (χ3n) is 9.85. The van der Waals surface area contributed by atoms with Gasteiger partial charge in [-0.3, -0.25) is 9.79 Å². The molecule has 0 amide bonds. The maximum atomic E-state index is 13.9. The average molecular weight is 606 g/mol. The first-order chi connectivity index (χ1) is 19.7. The molecule has 1 aliphatic heterocycles. The van der Waals surface area contributed by atoms with Crippen LogP contribution in [-0.4, -0.2) is 42.0 Å². The highest BCUT2D eigenvalue weighted by molar-refractivity contribution is 7.89. The summed E-state index contributed by atoms with van der Waals surface area (Å²) in [5.41, 5.74) is -2.26. The summed E-state index contributed by atoms with van der Waals surface area (Å²) >= 11 is 0. The number of amidine groups is 1.